The van der Waals surface area contributed by atoms with Crippen molar-refractivity contribution in [1.82, 2.24) is 4.90 Å². The molecule has 1 fully saturated rings. The van der Waals surface area contributed by atoms with E-state index in [2.05, 4.69) is 4.90 Å². The molecule has 0 saturated carbocycles. The van der Waals surface area contributed by atoms with Crippen molar-refractivity contribution < 1.29 is 59.7 Å². The van der Waals surface area contributed by atoms with Crippen LogP contribution in [0, 0.1) is 11.6 Å². The first-order valence-electron chi connectivity index (χ1n) is 8.52. The zero-order valence-corrected chi connectivity index (χ0v) is 16.4. The lowest BCUT2D eigenvalue weighted by molar-refractivity contribution is -0.193. The van der Waals surface area contributed by atoms with Crippen LogP contribution in [0.15, 0.2) is 18.2 Å². The summed E-state index contributed by atoms with van der Waals surface area (Å²) in [6.07, 6.45) is -10.2. The highest BCUT2D eigenvalue weighted by Gasteiger charge is 2.39. The molecule has 1 aliphatic rings. The van der Waals surface area contributed by atoms with Gasteiger partial charge in [0, 0.05) is 38.7 Å². The predicted molar refractivity (Wildman–Crippen MR) is 92.8 cm³/mol. The van der Waals surface area contributed by atoms with E-state index in [-0.39, 0.29) is 12.0 Å². The van der Waals surface area contributed by atoms with E-state index in [0.29, 0.717) is 6.61 Å². The summed E-state index contributed by atoms with van der Waals surface area (Å²) in [7, 11) is 1.66. The normalized spacial score (nSPS) is 18.8. The molecule has 4 N–H and O–H groups in total. The molecule has 0 spiro atoms. The number of benzene rings is 1. The Morgan fingerprint density at radius 1 is 1.03 bits per heavy atom. The maximum atomic E-state index is 13.2. The van der Waals surface area contributed by atoms with Crippen molar-refractivity contribution in [3.8, 4) is 0 Å². The minimum Gasteiger partial charge on any atom is -0.475 e. The molecule has 0 amide bonds. The number of hydrogen-bond acceptors (Lipinski definition) is 5. The molecule has 1 heterocycles. The summed E-state index contributed by atoms with van der Waals surface area (Å²) in [5.41, 5.74) is 6.83. The zero-order chi connectivity index (χ0) is 25.3. The summed E-state index contributed by atoms with van der Waals surface area (Å²) in [5.74, 6) is -7.09. The topological polar surface area (TPSA) is 113 Å². The summed E-state index contributed by atoms with van der Waals surface area (Å²) in [4.78, 5) is 20.0. The molecule has 0 aromatic heterocycles. The third-order valence-corrected chi connectivity index (χ3v) is 3.91. The van der Waals surface area contributed by atoms with Crippen LogP contribution in [0.3, 0.4) is 0 Å². The summed E-state index contributed by atoms with van der Waals surface area (Å²) < 4.78 is 94.6. The summed E-state index contributed by atoms with van der Waals surface area (Å²) >= 11 is 0. The average molecular weight is 484 g/mol. The lowest BCUT2D eigenvalue weighted by Gasteiger charge is -2.15. The molecule has 32 heavy (non-hydrogen) atoms. The number of aliphatic carboxylic acids is 2. The van der Waals surface area contributed by atoms with Crippen LogP contribution in [0.5, 0.6) is 0 Å². The third kappa shape index (κ3) is 10.7. The molecule has 0 unspecified atom stereocenters. The lowest BCUT2D eigenvalue weighted by atomic mass is 9.95. The van der Waals surface area contributed by atoms with Gasteiger partial charge in [0.15, 0.2) is 11.6 Å². The van der Waals surface area contributed by atoms with Crippen molar-refractivity contribution >= 4 is 11.9 Å². The van der Waals surface area contributed by atoms with Gasteiger partial charge in [0.2, 0.25) is 0 Å². The third-order valence-electron chi connectivity index (χ3n) is 3.91. The van der Waals surface area contributed by atoms with Crippen molar-refractivity contribution in [3.05, 3.63) is 35.4 Å². The van der Waals surface area contributed by atoms with E-state index in [0.717, 1.165) is 31.3 Å². The smallest absolute Gasteiger partial charge is 0.475 e. The minimum absolute atomic E-state index is 0.0493. The van der Waals surface area contributed by atoms with E-state index in [4.69, 9.17) is 30.3 Å². The van der Waals surface area contributed by atoms with Crippen LogP contribution in [-0.4, -0.2) is 78.8 Å². The van der Waals surface area contributed by atoms with Gasteiger partial charge in [-0.15, -0.1) is 0 Å². The molecular formula is C17H20F8N2O5. The van der Waals surface area contributed by atoms with Crippen LogP contribution in [0.4, 0.5) is 35.1 Å². The number of nitrogens with two attached hydrogens (primary N) is 1. The van der Waals surface area contributed by atoms with Crippen LogP contribution >= 0.6 is 0 Å². The Bertz CT molecular complexity index is 733. The van der Waals surface area contributed by atoms with Crippen molar-refractivity contribution in [2.45, 2.75) is 24.3 Å². The number of likely N-dealkylation sites (tertiary alicyclic amines) is 1. The van der Waals surface area contributed by atoms with E-state index >= 15 is 0 Å². The SMILES string of the molecule is COCCN1C[C@@H](N)[C@H](c2ccc(F)c(F)c2)C1.O=C(O)C(F)(F)F.O=C(O)C(F)(F)F. The number of hydrogen-bond donors (Lipinski definition) is 3. The first-order chi connectivity index (χ1) is 14.5. The van der Waals surface area contributed by atoms with Crippen LogP contribution in [0.2, 0.25) is 0 Å². The second-order valence-electron chi connectivity index (χ2n) is 6.30. The highest BCUT2D eigenvalue weighted by molar-refractivity contribution is 5.73. The molecule has 7 nitrogen and oxygen atoms in total. The Kier molecular flexibility index (Phi) is 11.5. The van der Waals surface area contributed by atoms with Crippen molar-refractivity contribution in [2.75, 3.05) is 33.4 Å². The van der Waals surface area contributed by atoms with Gasteiger partial charge in [0.25, 0.3) is 0 Å². The molecular weight excluding hydrogens is 464 g/mol. The van der Waals surface area contributed by atoms with Crippen molar-refractivity contribution in [3.63, 3.8) is 0 Å². The molecule has 15 heteroatoms. The predicted octanol–water partition coefficient (Wildman–Crippen LogP) is 2.60. The second kappa shape index (κ2) is 12.5. The fourth-order valence-corrected chi connectivity index (χ4v) is 2.41. The van der Waals surface area contributed by atoms with Gasteiger partial charge < -0.3 is 20.7 Å². The molecule has 1 aromatic rings. The van der Waals surface area contributed by atoms with Gasteiger partial charge in [-0.2, -0.15) is 26.3 Å². The van der Waals surface area contributed by atoms with Gasteiger partial charge in [-0.25, -0.2) is 18.4 Å². The van der Waals surface area contributed by atoms with Crippen LogP contribution in [0.1, 0.15) is 11.5 Å². The summed E-state index contributed by atoms with van der Waals surface area (Å²) in [5, 5.41) is 14.2. The maximum absolute atomic E-state index is 13.2. The first-order valence-corrected chi connectivity index (χ1v) is 8.52. The minimum atomic E-state index is -5.08. The molecule has 1 aliphatic heterocycles. The monoisotopic (exact) mass is 484 g/mol. The Morgan fingerprint density at radius 2 is 1.50 bits per heavy atom. The fourth-order valence-electron chi connectivity index (χ4n) is 2.41. The lowest BCUT2D eigenvalue weighted by Crippen LogP contribution is -2.30. The molecule has 0 bridgehead atoms. The molecule has 1 saturated heterocycles. The Hall–Kier alpha value is -2.52. The number of ether oxygens (including phenoxy) is 1. The summed E-state index contributed by atoms with van der Waals surface area (Å²) in [6, 6.07) is 3.98. The summed E-state index contributed by atoms with van der Waals surface area (Å²) in [6.45, 7) is 2.98. The fraction of sp³-hybridized carbons (Fsp3) is 0.529. The number of carboxylic acid groups (broad SMARTS) is 2. The molecule has 0 aliphatic carbocycles. The van der Waals surface area contributed by atoms with E-state index in [9.17, 15) is 35.1 Å². The quantitative estimate of drug-likeness (QED) is 0.564. The average Bonchev–Trinajstić information content (AvgIpc) is 3.02. The molecule has 0 radical (unpaired) electrons. The van der Waals surface area contributed by atoms with Crippen LogP contribution < -0.4 is 5.73 Å². The van der Waals surface area contributed by atoms with Gasteiger partial charge in [0.05, 0.1) is 6.61 Å². The van der Waals surface area contributed by atoms with Crippen molar-refractivity contribution in [1.29, 1.82) is 0 Å². The number of methoxy groups -OCH3 is 1. The van der Waals surface area contributed by atoms with E-state index in [1.165, 1.54) is 6.07 Å². The maximum Gasteiger partial charge on any atom is 0.490 e. The largest absolute Gasteiger partial charge is 0.490 e. The highest BCUT2D eigenvalue weighted by atomic mass is 19.4. The molecule has 2 atom stereocenters. The molecule has 184 valence electrons. The van der Waals surface area contributed by atoms with Gasteiger partial charge in [-0.3, -0.25) is 4.90 Å². The number of alkyl halides is 6. The number of nitrogens with zero attached hydrogens (tertiary/aromatic N) is 1. The van der Waals surface area contributed by atoms with Crippen LogP contribution in [0.25, 0.3) is 0 Å². The standard InChI is InChI=1S/C13H18F2N2O.2C2HF3O2/c1-18-5-4-17-7-10(13(16)8-17)9-2-3-11(14)12(15)6-9;2*3-2(4,5)1(6)7/h2-3,6,10,13H,4-5,7-8,16H2,1H3;2*(H,6,7)/t10-,13+;;/m0../s1. The Balaban J connectivity index is 0.000000570. The molecule has 1 aromatic carbocycles. The van der Waals surface area contributed by atoms with E-state index in [1.54, 1.807) is 13.2 Å². The molecule has 2 rings (SSSR count). The van der Waals surface area contributed by atoms with Crippen molar-refractivity contribution in [2.24, 2.45) is 5.73 Å². The van der Waals surface area contributed by atoms with Crippen LogP contribution in [-0.2, 0) is 14.3 Å². The van der Waals surface area contributed by atoms with E-state index in [1.807, 2.05) is 0 Å². The van der Waals surface area contributed by atoms with Gasteiger partial charge in [-0.1, -0.05) is 6.07 Å². The number of carbonyl (C=O) groups is 2. The second-order valence-corrected chi connectivity index (χ2v) is 6.30. The van der Waals surface area contributed by atoms with Gasteiger partial charge in [-0.05, 0) is 17.7 Å². The van der Waals surface area contributed by atoms with Gasteiger partial charge >= 0.3 is 24.3 Å². The number of carboxylic acids is 2. The Morgan fingerprint density at radius 3 is 1.88 bits per heavy atom. The zero-order valence-electron chi connectivity index (χ0n) is 16.4. The highest BCUT2D eigenvalue weighted by Crippen LogP contribution is 2.27. The number of halogens is 8. The Labute approximate surface area is 176 Å². The van der Waals surface area contributed by atoms with E-state index < -0.39 is 35.9 Å². The number of rotatable bonds is 4. The van der Waals surface area contributed by atoms with Gasteiger partial charge in [0.1, 0.15) is 0 Å². The first kappa shape index (κ1) is 29.5.